The number of fused-ring (bicyclic) bond motifs is 1. The smallest absolute Gasteiger partial charge is 0.257 e. The van der Waals surface area contributed by atoms with Gasteiger partial charge in [-0.3, -0.25) is 9.59 Å². The third-order valence-electron chi connectivity index (χ3n) is 6.76. The Morgan fingerprint density at radius 1 is 1.00 bits per heavy atom. The molecule has 0 radical (unpaired) electrons. The fourth-order valence-corrected chi connectivity index (χ4v) is 4.91. The Morgan fingerprint density at radius 2 is 1.76 bits per heavy atom. The van der Waals surface area contributed by atoms with Gasteiger partial charge in [-0.25, -0.2) is 14.4 Å². The second-order valence-electron chi connectivity index (χ2n) is 9.35. The standard InChI is InChI=1S/C29H27ClFN5O2/c1-32-27-22-12-11-21(15-25(22)35-26(36-27)18-7-9-20(31)10-8-18)34-29(38)23-14-17(6-13-24(23)30)16-33-28(37)19-4-2-3-5-19/h6-15,19H,2-5,16H2,1H3,(H,33,37)(H,34,38)(H,32,35,36). The van der Waals surface area contributed by atoms with E-state index < -0.39 is 0 Å². The zero-order valence-electron chi connectivity index (χ0n) is 20.9. The van der Waals surface area contributed by atoms with E-state index in [4.69, 9.17) is 11.6 Å². The van der Waals surface area contributed by atoms with E-state index in [0.717, 1.165) is 36.6 Å². The molecule has 0 unspecified atom stereocenters. The molecule has 0 saturated heterocycles. The molecule has 1 aliphatic carbocycles. The van der Waals surface area contributed by atoms with Crippen LogP contribution in [0.5, 0.6) is 0 Å². The maximum absolute atomic E-state index is 13.4. The summed E-state index contributed by atoms with van der Waals surface area (Å²) < 4.78 is 13.4. The molecule has 1 fully saturated rings. The van der Waals surface area contributed by atoms with Crippen LogP contribution in [0.15, 0.2) is 60.7 Å². The van der Waals surface area contributed by atoms with E-state index in [-0.39, 0.29) is 23.5 Å². The van der Waals surface area contributed by atoms with Crippen LogP contribution in [0.2, 0.25) is 5.02 Å². The van der Waals surface area contributed by atoms with Gasteiger partial charge in [0.2, 0.25) is 5.91 Å². The number of aromatic nitrogens is 2. The van der Waals surface area contributed by atoms with Crippen LogP contribution in [0, 0.1) is 11.7 Å². The number of amides is 2. The van der Waals surface area contributed by atoms with E-state index in [0.29, 0.717) is 45.5 Å². The van der Waals surface area contributed by atoms with Crippen molar-refractivity contribution >= 4 is 45.8 Å². The minimum Gasteiger partial charge on any atom is -0.373 e. The first-order valence-electron chi connectivity index (χ1n) is 12.5. The molecule has 0 bridgehead atoms. The number of halogens is 2. The molecule has 0 aliphatic heterocycles. The molecule has 0 atom stereocenters. The molecular weight excluding hydrogens is 505 g/mol. The van der Waals surface area contributed by atoms with Crippen molar-refractivity contribution in [3.05, 3.63) is 82.6 Å². The first kappa shape index (κ1) is 25.6. The van der Waals surface area contributed by atoms with Crippen molar-refractivity contribution in [2.45, 2.75) is 32.2 Å². The average molecular weight is 532 g/mol. The quantitative estimate of drug-likeness (QED) is 0.264. The van der Waals surface area contributed by atoms with Crippen LogP contribution < -0.4 is 16.0 Å². The average Bonchev–Trinajstić information content (AvgIpc) is 3.47. The van der Waals surface area contributed by atoms with E-state index in [1.165, 1.54) is 12.1 Å². The third kappa shape index (κ3) is 5.60. The monoisotopic (exact) mass is 531 g/mol. The number of anilines is 2. The molecule has 194 valence electrons. The fraction of sp³-hybridized carbons (Fsp3) is 0.241. The molecule has 38 heavy (non-hydrogen) atoms. The Bertz CT molecular complexity index is 1500. The molecule has 4 aromatic rings. The molecule has 7 nitrogen and oxygen atoms in total. The highest BCUT2D eigenvalue weighted by molar-refractivity contribution is 6.34. The van der Waals surface area contributed by atoms with Crippen molar-refractivity contribution in [3.63, 3.8) is 0 Å². The Hall–Kier alpha value is -4.04. The van der Waals surface area contributed by atoms with Gasteiger partial charge in [0.05, 0.1) is 16.1 Å². The molecule has 1 heterocycles. The van der Waals surface area contributed by atoms with Gasteiger partial charge in [0.25, 0.3) is 5.91 Å². The van der Waals surface area contributed by atoms with E-state index in [9.17, 15) is 14.0 Å². The van der Waals surface area contributed by atoms with Crippen molar-refractivity contribution in [1.82, 2.24) is 15.3 Å². The van der Waals surface area contributed by atoms with Gasteiger partial charge in [-0.05, 0) is 73.0 Å². The van der Waals surface area contributed by atoms with Crippen LogP contribution in [-0.4, -0.2) is 28.8 Å². The van der Waals surface area contributed by atoms with Gasteiger partial charge in [0, 0.05) is 36.1 Å². The van der Waals surface area contributed by atoms with Gasteiger partial charge < -0.3 is 16.0 Å². The topological polar surface area (TPSA) is 96.0 Å². The molecule has 1 aromatic heterocycles. The number of nitrogens with zero attached hydrogens (tertiary/aromatic N) is 2. The van der Waals surface area contributed by atoms with Crippen LogP contribution in [0.3, 0.4) is 0 Å². The highest BCUT2D eigenvalue weighted by Gasteiger charge is 2.22. The van der Waals surface area contributed by atoms with E-state index in [2.05, 4.69) is 25.9 Å². The van der Waals surface area contributed by atoms with Gasteiger partial charge in [-0.15, -0.1) is 0 Å². The Labute approximate surface area is 224 Å². The van der Waals surface area contributed by atoms with Gasteiger partial charge in [-0.2, -0.15) is 0 Å². The lowest BCUT2D eigenvalue weighted by Gasteiger charge is -2.13. The van der Waals surface area contributed by atoms with Gasteiger partial charge >= 0.3 is 0 Å². The van der Waals surface area contributed by atoms with E-state index in [1.54, 1.807) is 49.5 Å². The minimum absolute atomic E-state index is 0.0579. The predicted octanol–water partition coefficient (Wildman–Crippen LogP) is 6.19. The predicted molar refractivity (Wildman–Crippen MR) is 148 cm³/mol. The Balaban J connectivity index is 1.36. The summed E-state index contributed by atoms with van der Waals surface area (Å²) in [6, 6.07) is 16.5. The molecule has 3 N–H and O–H groups in total. The second kappa shape index (κ2) is 11.1. The molecular formula is C29H27ClFN5O2. The number of hydrogen-bond donors (Lipinski definition) is 3. The lowest BCUT2D eigenvalue weighted by Crippen LogP contribution is -2.28. The maximum atomic E-state index is 13.4. The van der Waals surface area contributed by atoms with Crippen LogP contribution >= 0.6 is 11.6 Å². The van der Waals surface area contributed by atoms with Crippen molar-refractivity contribution in [3.8, 4) is 11.4 Å². The third-order valence-corrected chi connectivity index (χ3v) is 7.09. The maximum Gasteiger partial charge on any atom is 0.257 e. The van der Waals surface area contributed by atoms with Crippen LogP contribution in [0.1, 0.15) is 41.6 Å². The number of benzene rings is 3. The van der Waals surface area contributed by atoms with Crippen molar-refractivity contribution in [1.29, 1.82) is 0 Å². The highest BCUT2D eigenvalue weighted by atomic mass is 35.5. The number of carbonyl (C=O) groups excluding carboxylic acids is 2. The number of rotatable bonds is 7. The highest BCUT2D eigenvalue weighted by Crippen LogP contribution is 2.28. The number of carbonyl (C=O) groups is 2. The molecule has 5 rings (SSSR count). The fourth-order valence-electron chi connectivity index (χ4n) is 4.70. The summed E-state index contributed by atoms with van der Waals surface area (Å²) in [6.45, 7) is 0.332. The first-order chi connectivity index (χ1) is 18.4. The van der Waals surface area contributed by atoms with Crippen molar-refractivity contribution in [2.75, 3.05) is 17.7 Å². The summed E-state index contributed by atoms with van der Waals surface area (Å²) >= 11 is 6.35. The molecule has 9 heteroatoms. The molecule has 3 aromatic carbocycles. The van der Waals surface area contributed by atoms with Crippen molar-refractivity contribution < 1.29 is 14.0 Å². The summed E-state index contributed by atoms with van der Waals surface area (Å²) in [4.78, 5) is 34.7. The van der Waals surface area contributed by atoms with Crippen molar-refractivity contribution in [2.24, 2.45) is 5.92 Å². The summed E-state index contributed by atoms with van der Waals surface area (Å²) in [5.74, 6) is 0.465. The largest absolute Gasteiger partial charge is 0.373 e. The Morgan fingerprint density at radius 3 is 2.50 bits per heavy atom. The van der Waals surface area contributed by atoms with Gasteiger partial charge in [0.15, 0.2) is 5.82 Å². The summed E-state index contributed by atoms with van der Waals surface area (Å²) in [5.41, 5.74) is 2.91. The van der Waals surface area contributed by atoms with E-state index >= 15 is 0 Å². The molecule has 0 spiro atoms. The molecule has 1 aliphatic rings. The van der Waals surface area contributed by atoms with Crippen LogP contribution in [0.4, 0.5) is 15.9 Å². The zero-order chi connectivity index (χ0) is 26.6. The van der Waals surface area contributed by atoms with E-state index in [1.807, 2.05) is 6.07 Å². The SMILES string of the molecule is CNc1nc(-c2ccc(F)cc2)nc2cc(NC(=O)c3cc(CNC(=O)C4CCCC4)ccc3Cl)ccc12. The lowest BCUT2D eigenvalue weighted by molar-refractivity contribution is -0.124. The van der Waals surface area contributed by atoms with Crippen LogP contribution in [0.25, 0.3) is 22.3 Å². The van der Waals surface area contributed by atoms with Gasteiger partial charge in [0.1, 0.15) is 11.6 Å². The lowest BCUT2D eigenvalue weighted by atomic mass is 10.1. The molecule has 2 amide bonds. The summed E-state index contributed by atoms with van der Waals surface area (Å²) in [5, 5.41) is 10.0. The minimum atomic E-state index is -0.375. The molecule has 1 saturated carbocycles. The normalized spacial score (nSPS) is 13.4. The summed E-state index contributed by atoms with van der Waals surface area (Å²) in [6.07, 6.45) is 4.04. The second-order valence-corrected chi connectivity index (χ2v) is 9.76. The number of nitrogens with one attached hydrogen (secondary N) is 3. The zero-order valence-corrected chi connectivity index (χ0v) is 21.6. The number of hydrogen-bond acceptors (Lipinski definition) is 5. The Kier molecular flexibility index (Phi) is 7.51. The first-order valence-corrected chi connectivity index (χ1v) is 12.9. The van der Waals surface area contributed by atoms with Gasteiger partial charge in [-0.1, -0.05) is 30.5 Å². The summed E-state index contributed by atoms with van der Waals surface area (Å²) in [7, 11) is 1.76. The van der Waals surface area contributed by atoms with Crippen LogP contribution in [-0.2, 0) is 11.3 Å².